The smallest absolute Gasteiger partial charge is 0.246 e. The van der Waals surface area contributed by atoms with Crippen LogP contribution in [0.15, 0.2) is 35.4 Å². The molecule has 0 fully saturated rings. The van der Waals surface area contributed by atoms with Crippen molar-refractivity contribution in [2.75, 3.05) is 7.05 Å². The molecule has 2 aromatic rings. The molecule has 1 aromatic carbocycles. The number of fused-ring (bicyclic) bond motifs is 1. The first-order valence-electron chi connectivity index (χ1n) is 7.07. The summed E-state index contributed by atoms with van der Waals surface area (Å²) >= 11 is 0. The fraction of sp³-hybridized carbons (Fsp3) is 0.400. The van der Waals surface area contributed by atoms with Crippen LogP contribution in [-0.2, 0) is 16.4 Å². The zero-order chi connectivity index (χ0) is 15.0. The van der Waals surface area contributed by atoms with Crippen LogP contribution in [0.4, 0.5) is 0 Å². The number of hydrogen-bond donors (Lipinski definition) is 1. The number of sulfonamides is 1. The summed E-state index contributed by atoms with van der Waals surface area (Å²) in [7, 11) is -1.87. The molecular formula is C15H19N3O2S. The van der Waals surface area contributed by atoms with E-state index in [1.165, 1.54) is 16.1 Å². The predicted octanol–water partition coefficient (Wildman–Crippen LogP) is 2.42. The second kappa shape index (κ2) is 5.27. The maximum Gasteiger partial charge on any atom is 0.246 e. The van der Waals surface area contributed by atoms with Crippen molar-refractivity contribution in [2.24, 2.45) is 0 Å². The molecule has 0 amide bonds. The third kappa shape index (κ3) is 2.38. The van der Waals surface area contributed by atoms with Crippen LogP contribution in [0, 0.1) is 6.92 Å². The molecule has 1 N–H and O–H groups in total. The Kier molecular flexibility index (Phi) is 3.59. The Morgan fingerprint density at radius 1 is 1.33 bits per heavy atom. The molecule has 0 aliphatic heterocycles. The van der Waals surface area contributed by atoms with E-state index in [2.05, 4.69) is 16.3 Å². The maximum atomic E-state index is 12.8. The van der Waals surface area contributed by atoms with E-state index in [9.17, 15) is 8.42 Å². The van der Waals surface area contributed by atoms with Crippen molar-refractivity contribution in [3.05, 3.63) is 47.3 Å². The van der Waals surface area contributed by atoms with Crippen molar-refractivity contribution < 1.29 is 8.42 Å². The molecule has 1 aliphatic carbocycles. The molecule has 1 heterocycles. The predicted molar refractivity (Wildman–Crippen MR) is 80.4 cm³/mol. The number of aromatic nitrogens is 2. The summed E-state index contributed by atoms with van der Waals surface area (Å²) in [6, 6.07) is 8.00. The van der Waals surface area contributed by atoms with E-state index in [0.717, 1.165) is 24.8 Å². The lowest BCUT2D eigenvalue weighted by Gasteiger charge is -2.32. The highest BCUT2D eigenvalue weighted by molar-refractivity contribution is 7.89. The topological polar surface area (TPSA) is 66.1 Å². The molecule has 0 spiro atoms. The first-order chi connectivity index (χ1) is 10.0. The molecule has 0 saturated carbocycles. The van der Waals surface area contributed by atoms with Crippen LogP contribution in [0.3, 0.4) is 0 Å². The van der Waals surface area contributed by atoms with Crippen LogP contribution in [0.1, 0.15) is 35.7 Å². The second-order valence-electron chi connectivity index (χ2n) is 5.49. The molecule has 21 heavy (non-hydrogen) atoms. The SMILES string of the molecule is Cc1[nH]ncc1S(=O)(=O)N(C)C1CCCc2ccccc21. The Morgan fingerprint density at radius 2 is 2.10 bits per heavy atom. The van der Waals surface area contributed by atoms with Gasteiger partial charge >= 0.3 is 0 Å². The Labute approximate surface area is 125 Å². The highest BCUT2D eigenvalue weighted by Gasteiger charge is 2.33. The Morgan fingerprint density at radius 3 is 2.81 bits per heavy atom. The lowest BCUT2D eigenvalue weighted by molar-refractivity contribution is 0.337. The van der Waals surface area contributed by atoms with Gasteiger partial charge < -0.3 is 0 Å². The number of aromatic amines is 1. The monoisotopic (exact) mass is 305 g/mol. The summed E-state index contributed by atoms with van der Waals surface area (Å²) in [5.74, 6) is 0. The first-order valence-corrected chi connectivity index (χ1v) is 8.51. The fourth-order valence-corrected chi connectivity index (χ4v) is 4.51. The van der Waals surface area contributed by atoms with E-state index in [-0.39, 0.29) is 10.9 Å². The molecule has 0 radical (unpaired) electrons. The number of rotatable bonds is 3. The van der Waals surface area contributed by atoms with E-state index < -0.39 is 10.0 Å². The third-order valence-electron chi connectivity index (χ3n) is 4.22. The van der Waals surface area contributed by atoms with Gasteiger partial charge in [0.25, 0.3) is 0 Å². The van der Waals surface area contributed by atoms with Crippen LogP contribution in [-0.4, -0.2) is 30.0 Å². The summed E-state index contributed by atoms with van der Waals surface area (Å²) in [5.41, 5.74) is 2.95. The summed E-state index contributed by atoms with van der Waals surface area (Å²) in [6.45, 7) is 1.72. The van der Waals surface area contributed by atoms with Crippen molar-refractivity contribution in [3.8, 4) is 0 Å². The third-order valence-corrected chi connectivity index (χ3v) is 6.20. The van der Waals surface area contributed by atoms with Crippen LogP contribution in [0.2, 0.25) is 0 Å². The fourth-order valence-electron chi connectivity index (χ4n) is 3.03. The standard InChI is InChI=1S/C15H19N3O2S/c1-11-15(10-16-17-11)21(19,20)18(2)14-9-5-7-12-6-3-4-8-13(12)14/h3-4,6,8,10,14H,5,7,9H2,1-2H3,(H,16,17). The molecule has 5 nitrogen and oxygen atoms in total. The Balaban J connectivity index is 2.00. The van der Waals surface area contributed by atoms with Crippen molar-refractivity contribution in [2.45, 2.75) is 37.1 Å². The summed E-state index contributed by atoms with van der Waals surface area (Å²) < 4.78 is 27.1. The number of benzene rings is 1. The van der Waals surface area contributed by atoms with Gasteiger partial charge in [0.2, 0.25) is 10.0 Å². The normalized spacial score (nSPS) is 18.7. The summed E-state index contributed by atoms with van der Waals surface area (Å²) in [6.07, 6.45) is 4.26. The largest absolute Gasteiger partial charge is 0.281 e. The Bertz CT molecular complexity index is 752. The van der Waals surface area contributed by atoms with Crippen molar-refractivity contribution in [1.82, 2.24) is 14.5 Å². The molecule has 1 unspecified atom stereocenters. The number of nitrogens with zero attached hydrogens (tertiary/aromatic N) is 2. The summed E-state index contributed by atoms with van der Waals surface area (Å²) in [5, 5.41) is 6.52. The average molecular weight is 305 g/mol. The van der Waals surface area contributed by atoms with Gasteiger partial charge in [0, 0.05) is 13.1 Å². The average Bonchev–Trinajstić information content (AvgIpc) is 2.93. The van der Waals surface area contributed by atoms with Gasteiger partial charge in [-0.1, -0.05) is 24.3 Å². The number of aryl methyl sites for hydroxylation is 2. The van der Waals surface area contributed by atoms with Gasteiger partial charge in [-0.15, -0.1) is 0 Å². The quantitative estimate of drug-likeness (QED) is 0.947. The minimum atomic E-state index is -3.53. The van der Waals surface area contributed by atoms with Gasteiger partial charge in [-0.25, -0.2) is 8.42 Å². The van der Waals surface area contributed by atoms with Crippen LogP contribution in [0.5, 0.6) is 0 Å². The highest BCUT2D eigenvalue weighted by Crippen LogP contribution is 2.36. The first kappa shape index (κ1) is 14.3. The Hall–Kier alpha value is -1.66. The van der Waals surface area contributed by atoms with Crippen molar-refractivity contribution >= 4 is 10.0 Å². The number of hydrogen-bond acceptors (Lipinski definition) is 3. The van der Waals surface area contributed by atoms with Crippen molar-refractivity contribution in [1.29, 1.82) is 0 Å². The van der Waals surface area contributed by atoms with Gasteiger partial charge in [0.05, 0.1) is 11.9 Å². The van der Waals surface area contributed by atoms with Crippen LogP contribution in [0.25, 0.3) is 0 Å². The van der Waals surface area contributed by atoms with Gasteiger partial charge in [-0.3, -0.25) is 5.10 Å². The molecule has 112 valence electrons. The van der Waals surface area contributed by atoms with Gasteiger partial charge in [-0.2, -0.15) is 9.40 Å². The second-order valence-corrected chi connectivity index (χ2v) is 7.45. The van der Waals surface area contributed by atoms with Gasteiger partial charge in [0.1, 0.15) is 4.90 Å². The minimum absolute atomic E-state index is 0.103. The maximum absolute atomic E-state index is 12.8. The van der Waals surface area contributed by atoms with E-state index >= 15 is 0 Å². The van der Waals surface area contributed by atoms with E-state index in [1.807, 2.05) is 18.2 Å². The zero-order valence-electron chi connectivity index (χ0n) is 12.2. The number of H-pyrrole nitrogens is 1. The molecular weight excluding hydrogens is 286 g/mol. The van der Waals surface area contributed by atoms with E-state index in [1.54, 1.807) is 14.0 Å². The number of nitrogens with one attached hydrogen (secondary N) is 1. The molecule has 1 aliphatic rings. The van der Waals surface area contributed by atoms with E-state index in [4.69, 9.17) is 0 Å². The van der Waals surface area contributed by atoms with Crippen LogP contribution >= 0.6 is 0 Å². The van der Waals surface area contributed by atoms with E-state index in [0.29, 0.717) is 5.69 Å². The molecule has 0 bridgehead atoms. The molecule has 6 heteroatoms. The summed E-state index contributed by atoms with van der Waals surface area (Å²) in [4.78, 5) is 0.257. The molecule has 1 aromatic heterocycles. The minimum Gasteiger partial charge on any atom is -0.281 e. The lowest BCUT2D eigenvalue weighted by Crippen LogP contribution is -2.33. The van der Waals surface area contributed by atoms with Crippen LogP contribution < -0.4 is 0 Å². The zero-order valence-corrected chi connectivity index (χ0v) is 13.0. The van der Waals surface area contributed by atoms with Gasteiger partial charge in [-0.05, 0) is 37.3 Å². The molecule has 1 atom stereocenters. The highest BCUT2D eigenvalue weighted by atomic mass is 32.2. The molecule has 3 rings (SSSR count). The van der Waals surface area contributed by atoms with Crippen molar-refractivity contribution in [3.63, 3.8) is 0 Å². The lowest BCUT2D eigenvalue weighted by atomic mass is 9.88. The van der Waals surface area contributed by atoms with Gasteiger partial charge in [0.15, 0.2) is 0 Å². The molecule has 0 saturated heterocycles.